The molecular formula is C42H64O12. The number of carboxylic acids is 4. The maximum atomic E-state index is 12.6. The summed E-state index contributed by atoms with van der Waals surface area (Å²) >= 11 is 0. The first-order chi connectivity index (χ1) is 25.7. The predicted octanol–water partition coefficient (Wildman–Crippen LogP) is 6.95. The van der Waals surface area contributed by atoms with Crippen LogP contribution in [0.15, 0.2) is 0 Å². The second kappa shape index (κ2) is 16.3. The van der Waals surface area contributed by atoms with Crippen LogP contribution in [0.4, 0.5) is 0 Å². The van der Waals surface area contributed by atoms with Crippen LogP contribution < -0.4 is 0 Å². The maximum absolute atomic E-state index is 12.6. The van der Waals surface area contributed by atoms with E-state index in [-0.39, 0.29) is 12.8 Å². The van der Waals surface area contributed by atoms with Gasteiger partial charge >= 0.3 is 23.9 Å². The summed E-state index contributed by atoms with van der Waals surface area (Å²) in [4.78, 5) is 47.1. The van der Waals surface area contributed by atoms with Crippen LogP contribution in [0.2, 0.25) is 0 Å². The average molecular weight is 761 g/mol. The smallest absolute Gasteiger partial charge is 0.309 e. The third-order valence-electron chi connectivity index (χ3n) is 15.2. The van der Waals surface area contributed by atoms with Gasteiger partial charge in [0.15, 0.2) is 0 Å². The third kappa shape index (κ3) is 9.80. The highest BCUT2D eigenvalue weighted by molar-refractivity contribution is 5.75. The molecule has 0 spiro atoms. The molecule has 4 aliphatic heterocycles. The van der Waals surface area contributed by atoms with E-state index in [1.165, 1.54) is 0 Å². The summed E-state index contributed by atoms with van der Waals surface area (Å²) in [5, 5.41) is 38.6. The molecule has 8 aliphatic rings. The molecule has 0 aromatic carbocycles. The fraction of sp³-hybridized carbons (Fsp3) is 0.905. The van der Waals surface area contributed by atoms with Gasteiger partial charge in [-0.15, -0.1) is 0 Å². The minimum atomic E-state index is -0.847. The first kappa shape index (κ1) is 39.9. The molecule has 304 valence electrons. The monoisotopic (exact) mass is 760 g/mol. The first-order valence-electron chi connectivity index (χ1n) is 21.2. The van der Waals surface area contributed by atoms with E-state index in [0.717, 1.165) is 64.2 Å². The molecule has 0 radical (unpaired) electrons. The summed E-state index contributed by atoms with van der Waals surface area (Å²) < 4.78 is 22.7. The molecular weight excluding hydrogens is 696 g/mol. The number of hydrogen-bond acceptors (Lipinski definition) is 8. The van der Waals surface area contributed by atoms with Crippen molar-refractivity contribution in [3.8, 4) is 0 Å². The molecule has 8 fully saturated rings. The highest BCUT2D eigenvalue weighted by Gasteiger charge is 2.54. The van der Waals surface area contributed by atoms with Gasteiger partial charge in [-0.2, -0.15) is 0 Å². The fourth-order valence-electron chi connectivity index (χ4n) is 11.7. The van der Waals surface area contributed by atoms with Crippen molar-refractivity contribution in [2.24, 2.45) is 46.3 Å². The number of carbonyl (C=O) groups is 4. The molecule has 12 heteroatoms. The van der Waals surface area contributed by atoms with Crippen molar-refractivity contribution < 1.29 is 58.6 Å². The van der Waals surface area contributed by atoms with Gasteiger partial charge in [-0.1, -0.05) is 13.8 Å². The van der Waals surface area contributed by atoms with Gasteiger partial charge in [0.25, 0.3) is 0 Å². The van der Waals surface area contributed by atoms with Crippen LogP contribution in [0.3, 0.4) is 0 Å². The Bertz CT molecular complexity index is 1320. The van der Waals surface area contributed by atoms with E-state index in [1.807, 2.05) is 0 Å². The minimum absolute atomic E-state index is 0.0388. The zero-order valence-electron chi connectivity index (χ0n) is 32.3. The Hall–Kier alpha value is -2.28. The molecule has 4 saturated heterocycles. The average Bonchev–Trinajstić information content (AvgIpc) is 3.91. The summed E-state index contributed by atoms with van der Waals surface area (Å²) in [7, 11) is 0. The highest BCUT2D eigenvalue weighted by atomic mass is 16.6. The first-order valence-corrected chi connectivity index (χ1v) is 21.2. The lowest BCUT2D eigenvalue weighted by Gasteiger charge is -2.40. The van der Waals surface area contributed by atoms with Crippen molar-refractivity contribution in [2.75, 3.05) is 0 Å². The summed E-state index contributed by atoms with van der Waals surface area (Å²) in [6, 6.07) is 0. The quantitative estimate of drug-likeness (QED) is 0.105. The topological polar surface area (TPSA) is 199 Å². The van der Waals surface area contributed by atoms with Gasteiger partial charge in [-0.05, 0) is 151 Å². The molecule has 4 N–H and O–H groups in total. The van der Waals surface area contributed by atoms with Crippen LogP contribution in [0.5, 0.6) is 0 Å². The van der Waals surface area contributed by atoms with E-state index < -0.39 is 34.7 Å². The van der Waals surface area contributed by atoms with Crippen molar-refractivity contribution in [1.82, 2.24) is 0 Å². The lowest BCUT2D eigenvalue weighted by atomic mass is 9.62. The molecule has 0 aromatic heterocycles. The fourth-order valence-corrected chi connectivity index (χ4v) is 11.7. The largest absolute Gasteiger partial charge is 0.481 e. The molecule has 8 rings (SSSR count). The number of hydrogen-bond donors (Lipinski definition) is 4. The lowest BCUT2D eigenvalue weighted by Crippen LogP contribution is -2.40. The second-order valence-corrected chi connectivity index (χ2v) is 19.1. The summed E-state index contributed by atoms with van der Waals surface area (Å²) in [5.74, 6) is -0.800. The molecule has 4 aliphatic carbocycles. The van der Waals surface area contributed by atoms with E-state index in [9.17, 15) is 29.4 Å². The Morgan fingerprint density at radius 2 is 0.833 bits per heavy atom. The Morgan fingerprint density at radius 3 is 1.20 bits per heavy atom. The van der Waals surface area contributed by atoms with Crippen LogP contribution in [-0.4, -0.2) is 93.1 Å². The van der Waals surface area contributed by atoms with Gasteiger partial charge in [-0.3, -0.25) is 19.2 Å². The van der Waals surface area contributed by atoms with E-state index in [2.05, 4.69) is 13.8 Å². The number of fused-ring (bicyclic) bond motifs is 4. The summed E-state index contributed by atoms with van der Waals surface area (Å²) in [6.45, 7) is 4.44. The van der Waals surface area contributed by atoms with Crippen LogP contribution in [0.25, 0.3) is 0 Å². The number of carboxylic acid groups (broad SMARTS) is 4. The predicted molar refractivity (Wildman–Crippen MR) is 195 cm³/mol. The number of epoxide rings is 4. The van der Waals surface area contributed by atoms with Gasteiger partial charge in [0.1, 0.15) is 0 Å². The lowest BCUT2D eigenvalue weighted by molar-refractivity contribution is -0.154. The van der Waals surface area contributed by atoms with Gasteiger partial charge in [0.05, 0.1) is 59.7 Å². The van der Waals surface area contributed by atoms with Crippen molar-refractivity contribution >= 4 is 23.9 Å². The van der Waals surface area contributed by atoms with E-state index in [1.54, 1.807) is 0 Å². The molecule has 4 heterocycles. The molecule has 4 saturated carbocycles. The number of aliphatic carboxylic acids is 4. The minimum Gasteiger partial charge on any atom is -0.481 e. The molecule has 54 heavy (non-hydrogen) atoms. The van der Waals surface area contributed by atoms with Gasteiger partial charge in [-0.25, -0.2) is 0 Å². The normalized spacial score (nSPS) is 41.7. The van der Waals surface area contributed by atoms with Crippen molar-refractivity contribution in [3.63, 3.8) is 0 Å². The van der Waals surface area contributed by atoms with Crippen LogP contribution in [0.1, 0.15) is 142 Å². The van der Waals surface area contributed by atoms with Gasteiger partial charge in [0.2, 0.25) is 0 Å². The van der Waals surface area contributed by atoms with Gasteiger partial charge in [0, 0.05) is 12.8 Å². The Morgan fingerprint density at radius 1 is 0.481 bits per heavy atom. The molecule has 0 amide bonds. The van der Waals surface area contributed by atoms with Crippen LogP contribution >= 0.6 is 0 Å². The Balaban J connectivity index is 0.000000167. The number of ether oxygens (including phenoxy) is 4. The second-order valence-electron chi connectivity index (χ2n) is 19.1. The van der Waals surface area contributed by atoms with Crippen LogP contribution in [-0.2, 0) is 38.1 Å². The zero-order valence-corrected chi connectivity index (χ0v) is 32.3. The van der Waals surface area contributed by atoms with Crippen molar-refractivity contribution in [2.45, 2.75) is 191 Å². The maximum Gasteiger partial charge on any atom is 0.309 e. The third-order valence-corrected chi connectivity index (χ3v) is 15.2. The SMILES string of the molecule is CC1CC2OC2CC1CC(CCCC(=O)O)(CC1CC2OC2CC1C)C(=O)O.O=C(O)CCCC(CC1CCC2OC2C1)(CC1CCC2OC2C1)C(=O)O. The molecule has 14 unspecified atom stereocenters. The van der Waals surface area contributed by atoms with Crippen molar-refractivity contribution in [3.05, 3.63) is 0 Å². The summed E-state index contributed by atoms with van der Waals surface area (Å²) in [6.07, 6.45) is 17.5. The molecule has 0 aromatic rings. The standard InChI is InChI=1S/C22H34O6.C20H30O6/c1-12-6-16-18(27-16)8-14(12)10-22(21(25)26,5-3-4-20(23)24)11-15-9-19-17(28-19)7-13(15)2;21-18(22)2-1-7-20(19(23)24,10-12-3-5-14-16(8-12)25-14)11-13-4-6-15-17(9-13)26-15/h12-19H,3-11H2,1-2H3,(H,23,24)(H,25,26);12-17H,1-11H2,(H,21,22)(H,23,24). The molecule has 14 atom stereocenters. The molecule has 0 bridgehead atoms. The molecule has 12 nitrogen and oxygen atoms in total. The van der Waals surface area contributed by atoms with E-state index in [4.69, 9.17) is 29.2 Å². The highest BCUT2D eigenvalue weighted by Crippen LogP contribution is 2.54. The van der Waals surface area contributed by atoms with Crippen LogP contribution in [0, 0.1) is 46.3 Å². The van der Waals surface area contributed by atoms with E-state index >= 15 is 0 Å². The zero-order chi connectivity index (χ0) is 38.4. The van der Waals surface area contributed by atoms with Gasteiger partial charge < -0.3 is 39.4 Å². The summed E-state index contributed by atoms with van der Waals surface area (Å²) in [5.41, 5.74) is -1.63. The van der Waals surface area contributed by atoms with Crippen molar-refractivity contribution in [1.29, 1.82) is 0 Å². The van der Waals surface area contributed by atoms with E-state index in [0.29, 0.717) is 136 Å². The number of rotatable bonds is 18. The Kier molecular flexibility index (Phi) is 12.1. The Labute approximate surface area is 319 Å².